The highest BCUT2D eigenvalue weighted by Crippen LogP contribution is 2.31. The third-order valence-electron chi connectivity index (χ3n) is 4.29. The van der Waals surface area contributed by atoms with E-state index >= 15 is 0 Å². The van der Waals surface area contributed by atoms with Gasteiger partial charge in [-0.3, -0.25) is 4.79 Å². The number of halogens is 2. The number of carbonyl (C=O) groups is 1. The molecule has 0 amide bonds. The van der Waals surface area contributed by atoms with Crippen LogP contribution >= 0.6 is 23.2 Å². The summed E-state index contributed by atoms with van der Waals surface area (Å²) in [6.07, 6.45) is 3.54. The standard InChI is InChI=1S/C21H21Cl2N3O2/c1-2-3-12-28-18-13-15(20(27)19-16(22)10-7-11-17(19)23)21(24)25-26(18)14-8-5-4-6-9-14/h4-11,13,15H,2-3,12H2,1H3,(H2,24,25). The van der Waals surface area contributed by atoms with Crippen molar-refractivity contribution in [3.8, 4) is 0 Å². The fraction of sp³-hybridized carbons (Fsp3) is 0.238. The summed E-state index contributed by atoms with van der Waals surface area (Å²) in [5, 5.41) is 6.58. The number of carbonyl (C=O) groups excluding carboxylic acids is 1. The van der Waals surface area contributed by atoms with E-state index in [4.69, 9.17) is 33.7 Å². The molecule has 2 N–H and O–H groups in total. The average molecular weight is 418 g/mol. The number of hydrazone groups is 1. The minimum absolute atomic E-state index is 0.146. The minimum atomic E-state index is -0.811. The first-order valence-corrected chi connectivity index (χ1v) is 9.80. The smallest absolute Gasteiger partial charge is 0.212 e. The lowest BCUT2D eigenvalue weighted by atomic mass is 9.95. The molecule has 146 valence electrons. The predicted molar refractivity (Wildman–Crippen MR) is 114 cm³/mol. The van der Waals surface area contributed by atoms with Crippen LogP contribution in [0.25, 0.3) is 0 Å². The largest absolute Gasteiger partial charge is 0.478 e. The van der Waals surface area contributed by atoms with Gasteiger partial charge >= 0.3 is 0 Å². The molecule has 0 aromatic heterocycles. The molecule has 0 saturated carbocycles. The van der Waals surface area contributed by atoms with Gasteiger partial charge in [0.2, 0.25) is 5.88 Å². The number of amidine groups is 1. The Labute approximate surface area is 174 Å². The molecule has 1 aliphatic heterocycles. The third-order valence-corrected chi connectivity index (χ3v) is 4.92. The highest BCUT2D eigenvalue weighted by Gasteiger charge is 2.32. The maximum Gasteiger partial charge on any atom is 0.212 e. The van der Waals surface area contributed by atoms with Gasteiger partial charge < -0.3 is 10.5 Å². The molecule has 0 aliphatic carbocycles. The number of benzene rings is 2. The van der Waals surface area contributed by atoms with E-state index in [1.165, 1.54) is 0 Å². The van der Waals surface area contributed by atoms with Gasteiger partial charge in [0.1, 0.15) is 11.8 Å². The van der Waals surface area contributed by atoms with Gasteiger partial charge in [0.05, 0.1) is 27.9 Å². The number of unbranched alkanes of at least 4 members (excludes halogenated alkanes) is 1. The van der Waals surface area contributed by atoms with Gasteiger partial charge in [-0.2, -0.15) is 10.1 Å². The SMILES string of the molecule is CCCCOC1=CC(C(=O)c2c(Cl)cccc2Cl)C(N)=NN1c1ccccc1. The van der Waals surface area contributed by atoms with Crippen molar-refractivity contribution in [3.05, 3.63) is 76.1 Å². The maximum atomic E-state index is 13.1. The van der Waals surface area contributed by atoms with Gasteiger partial charge in [-0.05, 0) is 36.8 Å². The molecule has 2 aromatic carbocycles. The fourth-order valence-electron chi connectivity index (χ4n) is 2.81. The molecule has 1 heterocycles. The van der Waals surface area contributed by atoms with Crippen molar-refractivity contribution in [2.45, 2.75) is 19.8 Å². The number of nitrogens with two attached hydrogens (primary N) is 1. The van der Waals surface area contributed by atoms with Gasteiger partial charge in [-0.15, -0.1) is 0 Å². The topological polar surface area (TPSA) is 67.9 Å². The Morgan fingerprint density at radius 1 is 1.14 bits per heavy atom. The van der Waals surface area contributed by atoms with Crippen molar-refractivity contribution in [2.24, 2.45) is 16.8 Å². The van der Waals surface area contributed by atoms with Crippen LogP contribution in [-0.2, 0) is 4.74 Å². The van der Waals surface area contributed by atoms with Crippen molar-refractivity contribution >= 4 is 40.5 Å². The van der Waals surface area contributed by atoms with Crippen LogP contribution < -0.4 is 10.7 Å². The highest BCUT2D eigenvalue weighted by atomic mass is 35.5. The van der Waals surface area contributed by atoms with Crippen molar-refractivity contribution in [1.82, 2.24) is 0 Å². The van der Waals surface area contributed by atoms with Crippen molar-refractivity contribution < 1.29 is 9.53 Å². The van der Waals surface area contributed by atoms with E-state index in [1.54, 1.807) is 29.3 Å². The lowest BCUT2D eigenvalue weighted by Gasteiger charge is -2.29. The molecule has 1 aliphatic rings. The van der Waals surface area contributed by atoms with E-state index in [1.807, 2.05) is 30.3 Å². The van der Waals surface area contributed by atoms with Crippen LogP contribution in [0.5, 0.6) is 0 Å². The highest BCUT2D eigenvalue weighted by molar-refractivity contribution is 6.40. The second kappa shape index (κ2) is 9.13. The third kappa shape index (κ3) is 4.32. The van der Waals surface area contributed by atoms with Gasteiger partial charge in [-0.25, -0.2) is 0 Å². The summed E-state index contributed by atoms with van der Waals surface area (Å²) < 4.78 is 5.92. The molecule has 28 heavy (non-hydrogen) atoms. The summed E-state index contributed by atoms with van der Waals surface area (Å²) in [5.41, 5.74) is 7.18. The van der Waals surface area contributed by atoms with Crippen LogP contribution in [0.3, 0.4) is 0 Å². The molecule has 0 saturated heterocycles. The normalized spacial score (nSPS) is 16.4. The number of Topliss-reactive ketones (excluding diaryl/α,β-unsaturated/α-hetero) is 1. The van der Waals surface area contributed by atoms with Crippen molar-refractivity contribution in [2.75, 3.05) is 11.6 Å². The number of para-hydroxylation sites is 1. The van der Waals surface area contributed by atoms with Crippen LogP contribution in [0, 0.1) is 5.92 Å². The Kier molecular flexibility index (Phi) is 6.60. The molecule has 3 rings (SSSR count). The van der Waals surface area contributed by atoms with E-state index < -0.39 is 5.92 Å². The lowest BCUT2D eigenvalue weighted by Crippen LogP contribution is -2.38. The number of hydrogen-bond acceptors (Lipinski definition) is 5. The Hall–Kier alpha value is -2.50. The van der Waals surface area contributed by atoms with Gasteiger partial charge in [0.15, 0.2) is 5.78 Å². The summed E-state index contributed by atoms with van der Waals surface area (Å²) in [6.45, 7) is 2.59. The van der Waals surface area contributed by atoms with Crippen LogP contribution in [0.4, 0.5) is 5.69 Å². The van der Waals surface area contributed by atoms with Gasteiger partial charge in [-0.1, -0.05) is 60.8 Å². The number of ether oxygens (including phenoxy) is 1. The zero-order valence-corrected chi connectivity index (χ0v) is 17.0. The quantitative estimate of drug-likeness (QED) is 0.493. The molecule has 2 aromatic rings. The molecular formula is C21H21Cl2N3O2. The first-order chi connectivity index (χ1) is 13.5. The van der Waals surface area contributed by atoms with Gasteiger partial charge in [0, 0.05) is 0 Å². The molecule has 7 heteroatoms. The number of nitrogens with zero attached hydrogens (tertiary/aromatic N) is 2. The van der Waals surface area contributed by atoms with Crippen LogP contribution in [0.15, 0.2) is 65.6 Å². The molecular weight excluding hydrogens is 397 g/mol. The lowest BCUT2D eigenvalue weighted by molar-refractivity contribution is 0.0966. The second-order valence-electron chi connectivity index (χ2n) is 6.32. The average Bonchev–Trinajstić information content (AvgIpc) is 2.69. The summed E-state index contributed by atoms with van der Waals surface area (Å²) in [7, 11) is 0. The predicted octanol–water partition coefficient (Wildman–Crippen LogP) is 5.24. The zero-order chi connectivity index (χ0) is 20.1. The Morgan fingerprint density at radius 3 is 2.46 bits per heavy atom. The van der Waals surface area contributed by atoms with Crippen LogP contribution in [-0.4, -0.2) is 18.2 Å². The molecule has 0 spiro atoms. The van der Waals surface area contributed by atoms with E-state index in [2.05, 4.69) is 12.0 Å². The Balaban J connectivity index is 1.97. The number of hydrogen-bond donors (Lipinski definition) is 1. The molecule has 0 radical (unpaired) electrons. The molecule has 0 bridgehead atoms. The summed E-state index contributed by atoms with van der Waals surface area (Å²) in [5.74, 6) is -0.529. The monoisotopic (exact) mass is 417 g/mol. The van der Waals surface area contributed by atoms with Crippen molar-refractivity contribution in [1.29, 1.82) is 0 Å². The molecule has 1 unspecified atom stereocenters. The molecule has 0 fully saturated rings. The maximum absolute atomic E-state index is 13.1. The zero-order valence-electron chi connectivity index (χ0n) is 15.4. The van der Waals surface area contributed by atoms with E-state index in [0.717, 1.165) is 18.5 Å². The van der Waals surface area contributed by atoms with E-state index in [9.17, 15) is 4.79 Å². The summed E-state index contributed by atoms with van der Waals surface area (Å²) in [4.78, 5) is 13.1. The first kappa shape index (κ1) is 20.2. The Bertz CT molecular complexity index is 893. The number of anilines is 1. The van der Waals surface area contributed by atoms with Crippen molar-refractivity contribution in [3.63, 3.8) is 0 Å². The van der Waals surface area contributed by atoms with Crippen LogP contribution in [0.1, 0.15) is 30.1 Å². The van der Waals surface area contributed by atoms with Gasteiger partial charge in [0.25, 0.3) is 0 Å². The number of rotatable bonds is 7. The number of ketones is 1. The van der Waals surface area contributed by atoms with E-state index in [0.29, 0.717) is 12.5 Å². The fourth-order valence-corrected chi connectivity index (χ4v) is 3.39. The summed E-state index contributed by atoms with van der Waals surface area (Å²) in [6, 6.07) is 14.4. The molecule has 1 atom stereocenters. The van der Waals surface area contributed by atoms with E-state index in [-0.39, 0.29) is 27.2 Å². The minimum Gasteiger partial charge on any atom is -0.478 e. The Morgan fingerprint density at radius 2 is 1.82 bits per heavy atom. The summed E-state index contributed by atoms with van der Waals surface area (Å²) >= 11 is 12.4. The van der Waals surface area contributed by atoms with Crippen LogP contribution in [0.2, 0.25) is 10.0 Å². The second-order valence-corrected chi connectivity index (χ2v) is 7.13. The first-order valence-electron chi connectivity index (χ1n) is 9.05. The molecule has 5 nitrogen and oxygen atoms in total.